The van der Waals surface area contributed by atoms with Crippen LogP contribution in [0, 0.1) is 10.1 Å². The zero-order valence-electron chi connectivity index (χ0n) is 14.8. The van der Waals surface area contributed by atoms with Crippen LogP contribution in [0.15, 0.2) is 45.2 Å². The first kappa shape index (κ1) is 19.0. The summed E-state index contributed by atoms with van der Waals surface area (Å²) in [5.74, 6) is 0.824. The van der Waals surface area contributed by atoms with E-state index in [2.05, 4.69) is 19.7 Å². The van der Waals surface area contributed by atoms with Crippen molar-refractivity contribution in [2.75, 3.05) is 13.7 Å². The molecule has 4 rings (SSSR count). The molecule has 0 saturated heterocycles. The largest absolute Gasteiger partial charge is 0.385 e. The lowest BCUT2D eigenvalue weighted by atomic mass is 10.3. The number of thiazole rings is 1. The summed E-state index contributed by atoms with van der Waals surface area (Å²) in [6, 6.07) is 8.71. The van der Waals surface area contributed by atoms with Crippen molar-refractivity contribution in [1.82, 2.24) is 19.7 Å². The Hall–Kier alpha value is -2.34. The SMILES string of the molecule is COCCCn1c(Sc2nc3ccc([N+](=O)[O-])cc3s2)nnc1-c1cccs1. The molecule has 0 aliphatic heterocycles. The van der Waals surface area contributed by atoms with Crippen molar-refractivity contribution in [3.63, 3.8) is 0 Å². The lowest BCUT2D eigenvalue weighted by Gasteiger charge is -2.08. The van der Waals surface area contributed by atoms with Gasteiger partial charge in [0.15, 0.2) is 15.3 Å². The minimum atomic E-state index is -0.397. The summed E-state index contributed by atoms with van der Waals surface area (Å²) in [6.07, 6.45) is 0.840. The molecule has 1 aromatic carbocycles. The molecule has 11 heteroatoms. The fourth-order valence-corrected chi connectivity index (χ4v) is 5.43. The second-order valence-corrected chi connectivity index (χ2v) is 8.97. The minimum absolute atomic E-state index is 0.0652. The standard InChI is InChI=1S/C17H15N5O3S3/c1-25-8-3-7-21-15(13-4-2-9-26-13)19-20-16(21)28-17-18-12-6-5-11(22(23)24)10-14(12)27-17/h2,4-6,9-10H,3,7-8H2,1H3. The van der Waals surface area contributed by atoms with Crippen molar-refractivity contribution in [3.8, 4) is 10.7 Å². The molecular formula is C17H15N5O3S3. The number of hydrogen-bond acceptors (Lipinski definition) is 9. The Labute approximate surface area is 172 Å². The number of ether oxygens (including phenoxy) is 1. The van der Waals surface area contributed by atoms with E-state index in [4.69, 9.17) is 4.74 Å². The second kappa shape index (κ2) is 8.35. The highest BCUT2D eigenvalue weighted by atomic mass is 32.2. The van der Waals surface area contributed by atoms with Gasteiger partial charge in [0.1, 0.15) is 0 Å². The number of nitrogens with zero attached hydrogens (tertiary/aromatic N) is 5. The monoisotopic (exact) mass is 433 g/mol. The molecular weight excluding hydrogens is 418 g/mol. The molecule has 0 N–H and O–H groups in total. The number of aromatic nitrogens is 4. The van der Waals surface area contributed by atoms with Crippen LogP contribution in [-0.4, -0.2) is 38.4 Å². The third kappa shape index (κ3) is 3.92. The summed E-state index contributed by atoms with van der Waals surface area (Å²) in [5.41, 5.74) is 0.803. The van der Waals surface area contributed by atoms with Crippen molar-refractivity contribution < 1.29 is 9.66 Å². The van der Waals surface area contributed by atoms with E-state index in [9.17, 15) is 10.1 Å². The number of non-ortho nitro benzene ring substituents is 1. The number of fused-ring (bicyclic) bond motifs is 1. The molecule has 0 amide bonds. The van der Waals surface area contributed by atoms with Gasteiger partial charge >= 0.3 is 0 Å². The van der Waals surface area contributed by atoms with Crippen LogP contribution in [0.4, 0.5) is 5.69 Å². The summed E-state index contributed by atoms with van der Waals surface area (Å²) in [5, 5.41) is 22.5. The van der Waals surface area contributed by atoms with Crippen molar-refractivity contribution >= 4 is 50.3 Å². The van der Waals surface area contributed by atoms with Gasteiger partial charge in [-0.1, -0.05) is 6.07 Å². The summed E-state index contributed by atoms with van der Waals surface area (Å²) in [7, 11) is 1.68. The summed E-state index contributed by atoms with van der Waals surface area (Å²) in [4.78, 5) is 16.2. The van der Waals surface area contributed by atoms with Gasteiger partial charge in [0.05, 0.1) is 20.0 Å². The van der Waals surface area contributed by atoms with Gasteiger partial charge in [0.2, 0.25) is 0 Å². The summed E-state index contributed by atoms with van der Waals surface area (Å²) in [6.45, 7) is 1.38. The van der Waals surface area contributed by atoms with Gasteiger partial charge in [-0.05, 0) is 35.7 Å². The Bertz CT molecular complexity index is 1110. The van der Waals surface area contributed by atoms with Gasteiger partial charge in [0.25, 0.3) is 5.69 Å². The van der Waals surface area contributed by atoms with Crippen molar-refractivity contribution in [2.24, 2.45) is 0 Å². The molecule has 28 heavy (non-hydrogen) atoms. The number of hydrogen-bond donors (Lipinski definition) is 0. The van der Waals surface area contributed by atoms with E-state index in [1.165, 1.54) is 29.2 Å². The number of nitro benzene ring substituents is 1. The van der Waals surface area contributed by atoms with E-state index in [1.807, 2.05) is 17.5 Å². The number of benzene rings is 1. The lowest BCUT2D eigenvalue weighted by molar-refractivity contribution is -0.384. The summed E-state index contributed by atoms with van der Waals surface area (Å²) < 4.78 is 8.80. The number of nitro groups is 1. The second-order valence-electron chi connectivity index (χ2n) is 5.77. The third-order valence-electron chi connectivity index (χ3n) is 3.93. The first-order chi connectivity index (χ1) is 13.7. The molecule has 3 heterocycles. The highest BCUT2D eigenvalue weighted by Gasteiger charge is 2.18. The number of methoxy groups -OCH3 is 1. The minimum Gasteiger partial charge on any atom is -0.385 e. The van der Waals surface area contributed by atoms with Crippen LogP contribution in [0.1, 0.15) is 6.42 Å². The van der Waals surface area contributed by atoms with Crippen LogP contribution in [0.3, 0.4) is 0 Å². The lowest BCUT2D eigenvalue weighted by Crippen LogP contribution is -2.04. The van der Waals surface area contributed by atoms with E-state index in [-0.39, 0.29) is 5.69 Å². The van der Waals surface area contributed by atoms with E-state index in [1.54, 1.807) is 30.6 Å². The van der Waals surface area contributed by atoms with Gasteiger partial charge in [-0.3, -0.25) is 10.1 Å². The van der Waals surface area contributed by atoms with Gasteiger partial charge in [0, 0.05) is 32.4 Å². The highest BCUT2D eigenvalue weighted by molar-refractivity contribution is 8.01. The topological polar surface area (TPSA) is 96.0 Å². The van der Waals surface area contributed by atoms with Gasteiger partial charge in [-0.25, -0.2) is 4.98 Å². The van der Waals surface area contributed by atoms with E-state index >= 15 is 0 Å². The van der Waals surface area contributed by atoms with E-state index in [0.717, 1.165) is 43.4 Å². The van der Waals surface area contributed by atoms with E-state index < -0.39 is 4.92 Å². The Balaban J connectivity index is 1.65. The molecule has 0 unspecified atom stereocenters. The van der Waals surface area contributed by atoms with Crippen molar-refractivity contribution in [2.45, 2.75) is 22.5 Å². The first-order valence-corrected chi connectivity index (χ1v) is 10.9. The van der Waals surface area contributed by atoms with Crippen LogP contribution in [0.2, 0.25) is 0 Å². The fourth-order valence-electron chi connectivity index (χ4n) is 2.65. The quantitative estimate of drug-likeness (QED) is 0.225. The summed E-state index contributed by atoms with van der Waals surface area (Å²) >= 11 is 4.45. The van der Waals surface area contributed by atoms with Gasteiger partial charge in [-0.2, -0.15) is 0 Å². The van der Waals surface area contributed by atoms with Gasteiger partial charge < -0.3 is 9.30 Å². The molecule has 8 nitrogen and oxygen atoms in total. The molecule has 0 spiro atoms. The fraction of sp³-hybridized carbons (Fsp3) is 0.235. The maximum absolute atomic E-state index is 11.0. The van der Waals surface area contributed by atoms with Crippen molar-refractivity contribution in [3.05, 3.63) is 45.8 Å². The molecule has 4 aromatic rings. The smallest absolute Gasteiger partial charge is 0.270 e. The molecule has 0 aliphatic carbocycles. The number of rotatable bonds is 8. The van der Waals surface area contributed by atoms with Gasteiger partial charge in [-0.15, -0.1) is 32.9 Å². The predicted octanol–water partition coefficient (Wildman–Crippen LogP) is 4.71. The molecule has 0 bridgehead atoms. The zero-order chi connectivity index (χ0) is 19.5. The highest BCUT2D eigenvalue weighted by Crippen LogP contribution is 2.36. The molecule has 3 aromatic heterocycles. The molecule has 0 aliphatic rings. The third-order valence-corrected chi connectivity index (χ3v) is 6.86. The Morgan fingerprint density at radius 1 is 1.32 bits per heavy atom. The molecule has 0 fully saturated rings. The molecule has 0 atom stereocenters. The zero-order valence-corrected chi connectivity index (χ0v) is 17.2. The Morgan fingerprint density at radius 2 is 2.21 bits per heavy atom. The maximum atomic E-state index is 11.0. The predicted molar refractivity (Wildman–Crippen MR) is 110 cm³/mol. The average molecular weight is 434 g/mol. The molecule has 0 saturated carbocycles. The van der Waals surface area contributed by atoms with E-state index in [0.29, 0.717) is 6.61 Å². The van der Waals surface area contributed by atoms with Crippen molar-refractivity contribution in [1.29, 1.82) is 0 Å². The number of thiophene rings is 1. The average Bonchev–Trinajstić information content (AvgIpc) is 3.41. The van der Waals surface area contributed by atoms with Crippen LogP contribution in [0.25, 0.3) is 20.9 Å². The van der Waals surface area contributed by atoms with Crippen LogP contribution < -0.4 is 0 Å². The molecule has 144 valence electrons. The Kier molecular flexibility index (Phi) is 5.67. The van der Waals surface area contributed by atoms with Crippen LogP contribution >= 0.6 is 34.4 Å². The van der Waals surface area contributed by atoms with Crippen LogP contribution in [-0.2, 0) is 11.3 Å². The van der Waals surface area contributed by atoms with Crippen LogP contribution in [0.5, 0.6) is 0 Å². The maximum Gasteiger partial charge on any atom is 0.270 e. The normalized spacial score (nSPS) is 11.3. The molecule has 0 radical (unpaired) electrons. The Morgan fingerprint density at radius 3 is 2.96 bits per heavy atom. The first-order valence-electron chi connectivity index (χ1n) is 8.34.